The summed E-state index contributed by atoms with van der Waals surface area (Å²) in [5, 5.41) is 6.00. The van der Waals surface area contributed by atoms with Crippen LogP contribution in [-0.2, 0) is 9.53 Å². The molecule has 0 heterocycles. The number of carbonyl (C=O) groups excluding carboxylic acids is 2. The minimum Gasteiger partial charge on any atom is -0.460 e. The van der Waals surface area contributed by atoms with E-state index in [-0.39, 0.29) is 30.5 Å². The molecule has 0 radical (unpaired) electrons. The van der Waals surface area contributed by atoms with Crippen molar-refractivity contribution in [2.45, 2.75) is 44.8 Å². The molecule has 19 heavy (non-hydrogen) atoms. The lowest BCUT2D eigenvalue weighted by atomic mass is 9.92. The SMILES string of the molecule is CC(=O)O[C@@H]1CCCC[C@@H]1NC(=O)N(CCCl)N=O. The molecule has 0 aromatic heterocycles. The Morgan fingerprint density at radius 1 is 1.42 bits per heavy atom. The van der Waals surface area contributed by atoms with E-state index in [4.69, 9.17) is 16.3 Å². The van der Waals surface area contributed by atoms with Crippen molar-refractivity contribution in [1.29, 1.82) is 0 Å². The van der Waals surface area contributed by atoms with E-state index in [1.807, 2.05) is 0 Å². The van der Waals surface area contributed by atoms with E-state index in [2.05, 4.69) is 10.6 Å². The van der Waals surface area contributed by atoms with Gasteiger partial charge in [0.05, 0.1) is 17.9 Å². The molecule has 1 aliphatic carbocycles. The quantitative estimate of drug-likeness (QED) is 0.362. The number of ether oxygens (including phenoxy) is 1. The monoisotopic (exact) mass is 291 g/mol. The number of esters is 1. The number of carbonyl (C=O) groups is 2. The van der Waals surface area contributed by atoms with Gasteiger partial charge in [0.1, 0.15) is 6.10 Å². The topological polar surface area (TPSA) is 88.1 Å². The molecule has 7 nitrogen and oxygen atoms in total. The lowest BCUT2D eigenvalue weighted by molar-refractivity contribution is -0.149. The zero-order chi connectivity index (χ0) is 14.3. The molecule has 1 saturated carbocycles. The van der Waals surface area contributed by atoms with E-state index < -0.39 is 6.03 Å². The third-order valence-corrected chi connectivity index (χ3v) is 3.13. The summed E-state index contributed by atoms with van der Waals surface area (Å²) in [6.07, 6.45) is 2.94. The van der Waals surface area contributed by atoms with Gasteiger partial charge in [-0.25, -0.2) is 4.79 Å². The molecule has 2 amide bonds. The van der Waals surface area contributed by atoms with Crippen LogP contribution in [0.5, 0.6) is 0 Å². The fraction of sp³-hybridized carbons (Fsp3) is 0.818. The van der Waals surface area contributed by atoms with Crippen LogP contribution in [-0.4, -0.2) is 41.6 Å². The molecule has 1 fully saturated rings. The van der Waals surface area contributed by atoms with Crippen molar-refractivity contribution in [3.63, 3.8) is 0 Å². The van der Waals surface area contributed by atoms with Gasteiger partial charge in [0, 0.05) is 12.8 Å². The highest BCUT2D eigenvalue weighted by atomic mass is 35.5. The number of nitrogens with zero attached hydrogens (tertiary/aromatic N) is 2. The first kappa shape index (κ1) is 15.7. The smallest absolute Gasteiger partial charge is 0.340 e. The molecular formula is C11H18ClN3O4. The maximum atomic E-state index is 11.8. The van der Waals surface area contributed by atoms with Gasteiger partial charge in [-0.1, -0.05) is 6.42 Å². The van der Waals surface area contributed by atoms with E-state index >= 15 is 0 Å². The second kappa shape index (κ2) is 7.93. The van der Waals surface area contributed by atoms with Crippen molar-refractivity contribution in [3.8, 4) is 0 Å². The van der Waals surface area contributed by atoms with Gasteiger partial charge in [0.25, 0.3) is 0 Å². The van der Waals surface area contributed by atoms with Crippen LogP contribution in [0.1, 0.15) is 32.6 Å². The normalized spacial score (nSPS) is 22.4. The van der Waals surface area contributed by atoms with E-state index in [1.54, 1.807) is 0 Å². The molecule has 0 aliphatic heterocycles. The lowest BCUT2D eigenvalue weighted by Gasteiger charge is -2.32. The Bertz CT molecular complexity index is 340. The predicted octanol–water partition coefficient (Wildman–Crippen LogP) is 1.79. The number of hydrogen-bond acceptors (Lipinski definition) is 5. The number of urea groups is 1. The first-order valence-electron chi connectivity index (χ1n) is 6.23. The minimum absolute atomic E-state index is 0.0435. The Balaban J connectivity index is 2.58. The molecular weight excluding hydrogens is 274 g/mol. The average molecular weight is 292 g/mol. The highest BCUT2D eigenvalue weighted by Crippen LogP contribution is 2.21. The first-order chi connectivity index (χ1) is 9.08. The summed E-state index contributed by atoms with van der Waals surface area (Å²) < 4.78 is 5.17. The van der Waals surface area contributed by atoms with Crippen molar-refractivity contribution in [1.82, 2.24) is 10.3 Å². The number of rotatable bonds is 5. The number of hydrogen-bond donors (Lipinski definition) is 1. The van der Waals surface area contributed by atoms with Crippen LogP contribution in [0.4, 0.5) is 4.79 Å². The lowest BCUT2D eigenvalue weighted by Crippen LogP contribution is -2.50. The molecule has 0 aromatic rings. The molecule has 2 atom stereocenters. The standard InChI is InChI=1S/C11H18ClN3O4/c1-8(16)19-10-5-3-2-4-9(10)13-11(17)15(14-18)7-6-12/h9-10H,2-7H2,1H3,(H,13,17)/t9-,10+/m0/s1. The molecule has 0 aromatic carbocycles. The Labute approximate surface area is 116 Å². The second-order valence-electron chi connectivity index (χ2n) is 4.38. The van der Waals surface area contributed by atoms with E-state index in [0.29, 0.717) is 12.8 Å². The van der Waals surface area contributed by atoms with Crippen LogP contribution >= 0.6 is 11.6 Å². The van der Waals surface area contributed by atoms with Crippen molar-refractivity contribution < 1.29 is 14.3 Å². The van der Waals surface area contributed by atoms with Crippen LogP contribution in [0.25, 0.3) is 0 Å². The molecule has 108 valence electrons. The van der Waals surface area contributed by atoms with Gasteiger partial charge in [-0.3, -0.25) is 4.79 Å². The van der Waals surface area contributed by atoms with Crippen LogP contribution in [0.3, 0.4) is 0 Å². The van der Waals surface area contributed by atoms with Crippen molar-refractivity contribution >= 4 is 23.6 Å². The molecule has 0 saturated heterocycles. The van der Waals surface area contributed by atoms with Gasteiger partial charge < -0.3 is 10.1 Å². The summed E-state index contributed by atoms with van der Waals surface area (Å²) in [6, 6.07) is -0.899. The number of nitrogens with one attached hydrogen (secondary N) is 1. The van der Waals surface area contributed by atoms with Gasteiger partial charge in [-0.15, -0.1) is 16.5 Å². The average Bonchev–Trinajstić information content (AvgIpc) is 2.37. The van der Waals surface area contributed by atoms with Crippen LogP contribution < -0.4 is 5.32 Å². The fourth-order valence-corrected chi connectivity index (χ4v) is 2.27. The molecule has 0 spiro atoms. The summed E-state index contributed by atoms with van der Waals surface area (Å²) in [7, 11) is 0. The minimum atomic E-state index is -0.611. The zero-order valence-electron chi connectivity index (χ0n) is 10.8. The second-order valence-corrected chi connectivity index (χ2v) is 4.76. The summed E-state index contributed by atoms with van der Waals surface area (Å²) >= 11 is 5.47. The Kier molecular flexibility index (Phi) is 6.55. The summed E-state index contributed by atoms with van der Waals surface area (Å²) in [5.41, 5.74) is 0. The fourth-order valence-electron chi connectivity index (χ4n) is 2.11. The van der Waals surface area contributed by atoms with Crippen LogP contribution in [0, 0.1) is 4.91 Å². The summed E-state index contributed by atoms with van der Waals surface area (Å²) in [5.74, 6) is -0.255. The molecule has 1 aliphatic rings. The third kappa shape index (κ3) is 5.02. The van der Waals surface area contributed by atoms with Gasteiger partial charge in [-0.05, 0) is 19.3 Å². The molecule has 8 heteroatoms. The van der Waals surface area contributed by atoms with Crippen LogP contribution in [0.15, 0.2) is 5.29 Å². The van der Waals surface area contributed by atoms with Crippen molar-refractivity contribution in [2.75, 3.05) is 12.4 Å². The molecule has 0 bridgehead atoms. The molecule has 1 rings (SSSR count). The Hall–Kier alpha value is -1.37. The Morgan fingerprint density at radius 2 is 2.11 bits per heavy atom. The van der Waals surface area contributed by atoms with Crippen molar-refractivity contribution in [2.24, 2.45) is 5.29 Å². The van der Waals surface area contributed by atoms with Gasteiger partial charge in [0.2, 0.25) is 0 Å². The maximum Gasteiger partial charge on any atom is 0.340 e. The maximum absolute atomic E-state index is 11.8. The van der Waals surface area contributed by atoms with Crippen LogP contribution in [0.2, 0.25) is 0 Å². The Morgan fingerprint density at radius 3 is 2.68 bits per heavy atom. The van der Waals surface area contributed by atoms with E-state index in [1.165, 1.54) is 6.92 Å². The first-order valence-corrected chi connectivity index (χ1v) is 6.76. The van der Waals surface area contributed by atoms with Gasteiger partial charge in [0.15, 0.2) is 0 Å². The highest BCUT2D eigenvalue weighted by molar-refractivity contribution is 6.18. The number of alkyl halides is 1. The highest BCUT2D eigenvalue weighted by Gasteiger charge is 2.30. The summed E-state index contributed by atoms with van der Waals surface area (Å²) in [4.78, 5) is 33.3. The predicted molar refractivity (Wildman–Crippen MR) is 69.6 cm³/mol. The van der Waals surface area contributed by atoms with E-state index in [9.17, 15) is 14.5 Å². The summed E-state index contributed by atoms with van der Waals surface area (Å²) in [6.45, 7) is 1.38. The van der Waals surface area contributed by atoms with Gasteiger partial charge >= 0.3 is 12.0 Å². The molecule has 1 N–H and O–H groups in total. The zero-order valence-corrected chi connectivity index (χ0v) is 11.6. The van der Waals surface area contributed by atoms with E-state index in [0.717, 1.165) is 17.9 Å². The third-order valence-electron chi connectivity index (χ3n) is 2.96. The van der Waals surface area contributed by atoms with Gasteiger partial charge in [-0.2, -0.15) is 5.01 Å². The number of halogens is 1. The molecule has 0 unspecified atom stereocenters. The number of amides is 2. The van der Waals surface area contributed by atoms with Crippen molar-refractivity contribution in [3.05, 3.63) is 4.91 Å². The largest absolute Gasteiger partial charge is 0.460 e. The number of nitroso groups, excluding NO2 is 1.